The van der Waals surface area contributed by atoms with Crippen molar-refractivity contribution in [2.45, 2.75) is 19.1 Å². The van der Waals surface area contributed by atoms with Crippen LogP contribution in [0.2, 0.25) is 0 Å². The summed E-state index contributed by atoms with van der Waals surface area (Å²) in [4.78, 5) is 4.95. The molecule has 0 fully saturated rings. The van der Waals surface area contributed by atoms with Crippen molar-refractivity contribution in [2.24, 2.45) is 10.9 Å². The zero-order chi connectivity index (χ0) is 18.6. The normalized spacial score (nSPS) is 21.6. The molecule has 0 aliphatic carbocycles. The van der Waals surface area contributed by atoms with Gasteiger partial charge in [-0.2, -0.15) is 5.26 Å². The van der Waals surface area contributed by atoms with E-state index in [0.29, 0.717) is 11.5 Å². The summed E-state index contributed by atoms with van der Waals surface area (Å²) in [5, 5.41) is 9.07. The topological polar surface area (TPSA) is 45.4 Å². The SMILES string of the molecule is C[C@H]1[C@@H](c2ccc(C#N)cc2)N=C(c2ccccc2)O[C@@H]1c1ccccc1. The van der Waals surface area contributed by atoms with Gasteiger partial charge < -0.3 is 4.74 Å². The second-order valence-corrected chi connectivity index (χ2v) is 6.79. The first-order valence-corrected chi connectivity index (χ1v) is 9.11. The van der Waals surface area contributed by atoms with E-state index in [9.17, 15) is 0 Å². The van der Waals surface area contributed by atoms with Gasteiger partial charge in [0, 0.05) is 11.5 Å². The summed E-state index contributed by atoms with van der Waals surface area (Å²) in [6.45, 7) is 2.17. The summed E-state index contributed by atoms with van der Waals surface area (Å²) >= 11 is 0. The Balaban J connectivity index is 1.78. The van der Waals surface area contributed by atoms with Crippen LogP contribution >= 0.6 is 0 Å². The number of hydrogen-bond acceptors (Lipinski definition) is 3. The fraction of sp³-hybridized carbons (Fsp3) is 0.167. The summed E-state index contributed by atoms with van der Waals surface area (Å²) in [6, 6.07) is 30.2. The molecule has 0 N–H and O–H groups in total. The van der Waals surface area contributed by atoms with Crippen LogP contribution in [-0.2, 0) is 4.74 Å². The molecule has 0 spiro atoms. The molecule has 0 amide bonds. The number of hydrogen-bond donors (Lipinski definition) is 0. The van der Waals surface area contributed by atoms with Gasteiger partial charge in [0.15, 0.2) is 0 Å². The van der Waals surface area contributed by atoms with Gasteiger partial charge in [-0.3, -0.25) is 0 Å². The second-order valence-electron chi connectivity index (χ2n) is 6.79. The molecule has 0 aromatic heterocycles. The Labute approximate surface area is 159 Å². The molecule has 3 aromatic rings. The molecule has 3 nitrogen and oxygen atoms in total. The number of aliphatic imine (C=N–C) groups is 1. The van der Waals surface area contributed by atoms with Gasteiger partial charge in [0.1, 0.15) is 6.10 Å². The van der Waals surface area contributed by atoms with Crippen molar-refractivity contribution in [1.82, 2.24) is 0 Å². The third kappa shape index (κ3) is 3.47. The van der Waals surface area contributed by atoms with Gasteiger partial charge in [-0.1, -0.05) is 67.6 Å². The average Bonchev–Trinajstić information content (AvgIpc) is 2.75. The fourth-order valence-corrected chi connectivity index (χ4v) is 3.54. The van der Waals surface area contributed by atoms with Gasteiger partial charge in [0.25, 0.3) is 0 Å². The Hall–Kier alpha value is -3.38. The Morgan fingerprint density at radius 2 is 1.44 bits per heavy atom. The van der Waals surface area contributed by atoms with Crippen molar-refractivity contribution in [1.29, 1.82) is 5.26 Å². The maximum absolute atomic E-state index is 9.07. The van der Waals surface area contributed by atoms with E-state index in [-0.39, 0.29) is 18.1 Å². The molecule has 1 aliphatic heterocycles. The zero-order valence-corrected chi connectivity index (χ0v) is 15.1. The van der Waals surface area contributed by atoms with Crippen LogP contribution in [-0.4, -0.2) is 5.90 Å². The monoisotopic (exact) mass is 352 g/mol. The molecule has 3 aromatic carbocycles. The Morgan fingerprint density at radius 1 is 0.815 bits per heavy atom. The van der Waals surface area contributed by atoms with Gasteiger partial charge in [0.05, 0.1) is 17.7 Å². The Kier molecular flexibility index (Phi) is 4.72. The molecule has 3 atom stereocenters. The van der Waals surface area contributed by atoms with Crippen LogP contribution in [0, 0.1) is 17.2 Å². The third-order valence-electron chi connectivity index (χ3n) is 5.00. The lowest BCUT2D eigenvalue weighted by Crippen LogP contribution is -2.28. The van der Waals surface area contributed by atoms with Crippen LogP contribution in [0.5, 0.6) is 0 Å². The highest BCUT2D eigenvalue weighted by atomic mass is 16.5. The molecule has 4 rings (SSSR count). The molecule has 1 aliphatic rings. The summed E-state index contributed by atoms with van der Waals surface area (Å²) < 4.78 is 6.37. The van der Waals surface area contributed by atoms with Crippen LogP contribution < -0.4 is 0 Å². The van der Waals surface area contributed by atoms with E-state index in [2.05, 4.69) is 25.1 Å². The number of benzene rings is 3. The van der Waals surface area contributed by atoms with Crippen molar-refractivity contribution in [2.75, 3.05) is 0 Å². The molecular weight excluding hydrogens is 332 g/mol. The van der Waals surface area contributed by atoms with Crippen LogP contribution in [0.25, 0.3) is 0 Å². The summed E-state index contributed by atoms with van der Waals surface area (Å²) in [5.41, 5.74) is 3.88. The summed E-state index contributed by atoms with van der Waals surface area (Å²) in [5.74, 6) is 0.824. The highest BCUT2D eigenvalue weighted by Crippen LogP contribution is 2.42. The van der Waals surface area contributed by atoms with E-state index in [0.717, 1.165) is 16.7 Å². The van der Waals surface area contributed by atoms with Crippen LogP contribution in [0.4, 0.5) is 0 Å². The molecule has 0 saturated heterocycles. The molecular formula is C24H20N2O. The number of rotatable bonds is 3. The van der Waals surface area contributed by atoms with E-state index in [4.69, 9.17) is 15.0 Å². The lowest BCUT2D eigenvalue weighted by Gasteiger charge is -2.35. The minimum absolute atomic E-state index is 0.0353. The quantitative estimate of drug-likeness (QED) is 0.629. The highest BCUT2D eigenvalue weighted by molar-refractivity contribution is 5.94. The van der Waals surface area contributed by atoms with Gasteiger partial charge in [-0.25, -0.2) is 4.99 Å². The molecule has 27 heavy (non-hydrogen) atoms. The zero-order valence-electron chi connectivity index (χ0n) is 15.1. The molecule has 0 radical (unpaired) electrons. The first kappa shape index (κ1) is 17.1. The third-order valence-corrected chi connectivity index (χ3v) is 5.00. The van der Waals surface area contributed by atoms with Crippen LogP contribution in [0.15, 0.2) is 89.9 Å². The summed E-state index contributed by atoms with van der Waals surface area (Å²) in [6.07, 6.45) is -0.0838. The molecule has 0 saturated carbocycles. The van der Waals surface area contributed by atoms with Gasteiger partial charge >= 0.3 is 0 Å². The lowest BCUT2D eigenvalue weighted by molar-refractivity contribution is 0.0955. The van der Waals surface area contributed by atoms with E-state index in [1.165, 1.54) is 0 Å². The Morgan fingerprint density at radius 3 is 2.07 bits per heavy atom. The number of ether oxygens (including phenoxy) is 1. The van der Waals surface area contributed by atoms with Gasteiger partial charge in [0.2, 0.25) is 5.90 Å². The summed E-state index contributed by atoms with van der Waals surface area (Å²) in [7, 11) is 0. The molecule has 0 bridgehead atoms. The maximum Gasteiger partial charge on any atom is 0.217 e. The minimum atomic E-state index is -0.0838. The van der Waals surface area contributed by atoms with Crippen molar-refractivity contribution in [3.63, 3.8) is 0 Å². The highest BCUT2D eigenvalue weighted by Gasteiger charge is 2.35. The average molecular weight is 352 g/mol. The predicted octanol–water partition coefficient (Wildman–Crippen LogP) is 5.45. The number of nitriles is 1. The molecule has 1 heterocycles. The molecule has 132 valence electrons. The van der Waals surface area contributed by atoms with Gasteiger partial charge in [-0.05, 0) is 35.4 Å². The lowest BCUT2D eigenvalue weighted by atomic mass is 9.85. The minimum Gasteiger partial charge on any atom is -0.469 e. The van der Waals surface area contributed by atoms with Gasteiger partial charge in [-0.15, -0.1) is 0 Å². The van der Waals surface area contributed by atoms with Crippen molar-refractivity contribution in [3.05, 3.63) is 107 Å². The van der Waals surface area contributed by atoms with E-state index in [1.54, 1.807) is 0 Å². The molecule has 3 heteroatoms. The maximum atomic E-state index is 9.07. The predicted molar refractivity (Wildman–Crippen MR) is 106 cm³/mol. The first-order chi connectivity index (χ1) is 13.3. The van der Waals surface area contributed by atoms with Crippen LogP contribution in [0.3, 0.4) is 0 Å². The standard InChI is InChI=1S/C24H20N2O/c1-17-22(19-14-12-18(16-25)13-15-19)26-24(21-10-6-3-7-11-21)27-23(17)20-8-4-2-5-9-20/h2-15,17,22-23H,1H3/t17-,22-,23-/m0/s1. The second kappa shape index (κ2) is 7.47. The van der Waals surface area contributed by atoms with E-state index >= 15 is 0 Å². The van der Waals surface area contributed by atoms with Crippen molar-refractivity contribution >= 4 is 5.90 Å². The van der Waals surface area contributed by atoms with E-state index in [1.807, 2.05) is 72.8 Å². The Bertz CT molecular complexity index is 972. The largest absolute Gasteiger partial charge is 0.469 e. The number of nitrogens with zero attached hydrogens (tertiary/aromatic N) is 2. The first-order valence-electron chi connectivity index (χ1n) is 9.11. The van der Waals surface area contributed by atoms with Crippen molar-refractivity contribution in [3.8, 4) is 6.07 Å². The van der Waals surface area contributed by atoms with Crippen molar-refractivity contribution < 1.29 is 4.74 Å². The fourth-order valence-electron chi connectivity index (χ4n) is 3.54. The van der Waals surface area contributed by atoms with E-state index < -0.39 is 0 Å². The molecule has 0 unspecified atom stereocenters. The smallest absolute Gasteiger partial charge is 0.217 e. The van der Waals surface area contributed by atoms with Crippen LogP contribution in [0.1, 0.15) is 41.3 Å².